The van der Waals surface area contributed by atoms with Crippen molar-refractivity contribution in [1.82, 2.24) is 15.5 Å². The zero-order valence-corrected chi connectivity index (χ0v) is 13.0. The second-order valence-electron chi connectivity index (χ2n) is 5.19. The molecule has 1 heterocycles. The maximum atomic E-state index is 12.6. The van der Waals surface area contributed by atoms with Crippen LogP contribution in [0.3, 0.4) is 0 Å². The van der Waals surface area contributed by atoms with Crippen LogP contribution in [0.5, 0.6) is 0 Å². The summed E-state index contributed by atoms with van der Waals surface area (Å²) in [6.07, 6.45) is -5.27. The number of nitrogens with one attached hydrogen (secondary N) is 1. The zero-order valence-electron chi connectivity index (χ0n) is 13.0. The highest BCUT2D eigenvalue weighted by Crippen LogP contribution is 2.30. The molecule has 0 aliphatic carbocycles. The number of carbonyl (C=O) groups excluding carboxylic acids is 1. The van der Waals surface area contributed by atoms with Crippen LogP contribution in [0.4, 0.5) is 13.2 Å². The van der Waals surface area contributed by atoms with Crippen LogP contribution >= 0.6 is 0 Å². The number of halogens is 3. The Morgan fingerprint density at radius 1 is 1.33 bits per heavy atom. The van der Waals surface area contributed by atoms with Gasteiger partial charge in [-0.05, 0) is 24.1 Å². The van der Waals surface area contributed by atoms with Crippen molar-refractivity contribution in [3.63, 3.8) is 0 Å². The molecule has 2 N–H and O–H groups in total. The van der Waals surface area contributed by atoms with Crippen molar-refractivity contribution in [2.45, 2.75) is 38.6 Å². The number of hydrogen-bond donors (Lipinski definition) is 2. The third-order valence-electron chi connectivity index (χ3n) is 3.45. The van der Waals surface area contributed by atoms with Crippen LogP contribution < -0.4 is 5.32 Å². The van der Waals surface area contributed by atoms with E-state index in [9.17, 15) is 23.1 Å². The molecule has 6 nitrogen and oxygen atoms in total. The predicted octanol–water partition coefficient (Wildman–Crippen LogP) is 2.64. The zero-order chi connectivity index (χ0) is 17.9. The number of aromatic nitrogens is 2. The van der Waals surface area contributed by atoms with Crippen molar-refractivity contribution in [1.29, 1.82) is 0 Å². The van der Waals surface area contributed by atoms with Crippen LogP contribution in [0.25, 0.3) is 0 Å². The van der Waals surface area contributed by atoms with E-state index in [-0.39, 0.29) is 17.3 Å². The molecule has 24 heavy (non-hydrogen) atoms. The first-order valence-corrected chi connectivity index (χ1v) is 7.18. The first kappa shape index (κ1) is 17.9. The van der Waals surface area contributed by atoms with Gasteiger partial charge in [0, 0.05) is 6.92 Å². The lowest BCUT2D eigenvalue weighted by molar-refractivity contribution is -0.137. The highest BCUT2D eigenvalue weighted by Gasteiger charge is 2.31. The molecule has 1 amide bonds. The topological polar surface area (TPSA) is 88.3 Å². The first-order chi connectivity index (χ1) is 11.2. The molecule has 0 aliphatic rings. The van der Waals surface area contributed by atoms with Crippen molar-refractivity contribution in [2.75, 3.05) is 0 Å². The van der Waals surface area contributed by atoms with Gasteiger partial charge in [-0.1, -0.05) is 24.2 Å². The number of hydrogen-bond acceptors (Lipinski definition) is 5. The number of aryl methyl sites for hydroxylation is 1. The van der Waals surface area contributed by atoms with Crippen LogP contribution in [-0.2, 0) is 6.18 Å². The molecule has 2 aromatic rings. The minimum Gasteiger partial charge on any atom is -0.386 e. The number of rotatable bonds is 5. The summed E-state index contributed by atoms with van der Waals surface area (Å²) < 4.78 is 42.4. The second kappa shape index (κ2) is 7.00. The maximum Gasteiger partial charge on any atom is 0.416 e. The number of aliphatic hydroxyl groups is 1. The van der Waals surface area contributed by atoms with E-state index >= 15 is 0 Å². The number of carbonyl (C=O) groups is 1. The van der Waals surface area contributed by atoms with Gasteiger partial charge in [0.05, 0.1) is 17.7 Å². The van der Waals surface area contributed by atoms with Crippen LogP contribution in [0.15, 0.2) is 28.8 Å². The molecule has 0 saturated carbocycles. The van der Waals surface area contributed by atoms with Crippen molar-refractivity contribution < 1.29 is 27.6 Å². The number of benzene rings is 1. The first-order valence-electron chi connectivity index (χ1n) is 7.18. The minimum atomic E-state index is -4.45. The molecule has 0 bridgehead atoms. The Bertz CT molecular complexity index is 698. The summed E-state index contributed by atoms with van der Waals surface area (Å²) in [5, 5.41) is 16.3. The van der Waals surface area contributed by atoms with Gasteiger partial charge in [0.1, 0.15) is 0 Å². The predicted molar refractivity (Wildman–Crippen MR) is 77.0 cm³/mol. The Kier molecular flexibility index (Phi) is 5.23. The summed E-state index contributed by atoms with van der Waals surface area (Å²) in [5.74, 6) is -0.591. The Morgan fingerprint density at radius 2 is 1.96 bits per heavy atom. The van der Waals surface area contributed by atoms with Crippen molar-refractivity contribution in [3.05, 3.63) is 47.1 Å². The van der Waals surface area contributed by atoms with E-state index in [1.54, 1.807) is 6.92 Å². The van der Waals surface area contributed by atoms with Crippen molar-refractivity contribution >= 4 is 5.91 Å². The Morgan fingerprint density at radius 3 is 2.42 bits per heavy atom. The monoisotopic (exact) mass is 343 g/mol. The smallest absolute Gasteiger partial charge is 0.386 e. The molecule has 2 rings (SSSR count). The third kappa shape index (κ3) is 4.10. The third-order valence-corrected chi connectivity index (χ3v) is 3.45. The van der Waals surface area contributed by atoms with E-state index < -0.39 is 29.8 Å². The molecule has 0 radical (unpaired) electrons. The number of alkyl halides is 3. The molecule has 2 unspecified atom stereocenters. The minimum absolute atomic E-state index is 0.175. The van der Waals surface area contributed by atoms with Crippen LogP contribution in [0.1, 0.15) is 47.1 Å². The van der Waals surface area contributed by atoms with E-state index in [1.807, 2.05) is 0 Å². The summed E-state index contributed by atoms with van der Waals surface area (Å²) in [4.78, 5) is 15.8. The maximum absolute atomic E-state index is 12.6. The number of nitrogens with zero attached hydrogens (tertiary/aromatic N) is 2. The molecule has 1 aromatic carbocycles. The lowest BCUT2D eigenvalue weighted by atomic mass is 9.99. The van der Waals surface area contributed by atoms with Gasteiger partial charge < -0.3 is 14.9 Å². The molecule has 9 heteroatoms. The quantitative estimate of drug-likeness (QED) is 0.871. The standard InChI is InChI=1S/C15H16F3N3O3/c1-3-11(20-14(23)13-19-8(2)24-21-13)12(22)9-4-6-10(7-5-9)15(16,17)18/h4-7,11-12,22H,3H2,1-2H3,(H,20,23). The molecule has 0 fully saturated rings. The lowest BCUT2D eigenvalue weighted by Crippen LogP contribution is -2.39. The normalized spacial score (nSPS) is 14.2. The number of amides is 1. The van der Waals surface area contributed by atoms with E-state index in [4.69, 9.17) is 4.52 Å². The van der Waals surface area contributed by atoms with Crippen LogP contribution in [0, 0.1) is 6.92 Å². The van der Waals surface area contributed by atoms with Gasteiger partial charge in [0.2, 0.25) is 5.89 Å². The molecular formula is C15H16F3N3O3. The van der Waals surface area contributed by atoms with Gasteiger partial charge in [-0.15, -0.1) is 0 Å². The van der Waals surface area contributed by atoms with Crippen LogP contribution in [-0.4, -0.2) is 27.2 Å². The molecule has 130 valence electrons. The molecule has 1 aromatic heterocycles. The summed E-state index contributed by atoms with van der Waals surface area (Å²) in [6.45, 7) is 3.25. The Hall–Kier alpha value is -2.42. The highest BCUT2D eigenvalue weighted by atomic mass is 19.4. The Balaban J connectivity index is 2.10. The van der Waals surface area contributed by atoms with Crippen LogP contribution in [0.2, 0.25) is 0 Å². The second-order valence-corrected chi connectivity index (χ2v) is 5.19. The summed E-state index contributed by atoms with van der Waals surface area (Å²) in [7, 11) is 0. The van der Waals surface area contributed by atoms with Gasteiger partial charge in [-0.3, -0.25) is 4.79 Å². The van der Waals surface area contributed by atoms with Gasteiger partial charge in [0.25, 0.3) is 11.7 Å². The van der Waals surface area contributed by atoms with Crippen molar-refractivity contribution in [3.8, 4) is 0 Å². The van der Waals surface area contributed by atoms with Gasteiger partial charge in [-0.2, -0.15) is 18.2 Å². The highest BCUT2D eigenvalue weighted by molar-refractivity contribution is 5.90. The summed E-state index contributed by atoms with van der Waals surface area (Å²) >= 11 is 0. The molecule has 0 saturated heterocycles. The summed E-state index contributed by atoms with van der Waals surface area (Å²) in [6, 6.07) is 3.42. The molecule has 0 spiro atoms. The Labute approximate surface area is 135 Å². The molecule has 2 atom stereocenters. The fraction of sp³-hybridized carbons (Fsp3) is 0.400. The largest absolute Gasteiger partial charge is 0.416 e. The van der Waals surface area contributed by atoms with E-state index in [2.05, 4.69) is 15.5 Å². The fourth-order valence-corrected chi connectivity index (χ4v) is 2.13. The van der Waals surface area contributed by atoms with Gasteiger partial charge in [0.15, 0.2) is 0 Å². The number of aliphatic hydroxyl groups excluding tert-OH is 1. The molecule has 0 aliphatic heterocycles. The summed E-state index contributed by atoms with van der Waals surface area (Å²) in [5.41, 5.74) is -0.544. The lowest BCUT2D eigenvalue weighted by Gasteiger charge is -2.23. The van der Waals surface area contributed by atoms with Gasteiger partial charge >= 0.3 is 6.18 Å². The average Bonchev–Trinajstić information content (AvgIpc) is 2.97. The van der Waals surface area contributed by atoms with Crippen molar-refractivity contribution in [2.24, 2.45) is 0 Å². The van der Waals surface area contributed by atoms with E-state index in [0.29, 0.717) is 6.42 Å². The SMILES string of the molecule is CCC(NC(=O)c1noc(C)n1)C(O)c1ccc(C(F)(F)F)cc1. The fourth-order valence-electron chi connectivity index (χ4n) is 2.13. The molecular weight excluding hydrogens is 327 g/mol. The van der Waals surface area contributed by atoms with Gasteiger partial charge in [-0.25, -0.2) is 0 Å². The average molecular weight is 343 g/mol. The van der Waals surface area contributed by atoms with E-state index in [1.165, 1.54) is 19.1 Å². The van der Waals surface area contributed by atoms with E-state index in [0.717, 1.165) is 12.1 Å².